The summed E-state index contributed by atoms with van der Waals surface area (Å²) < 4.78 is 0. The van der Waals surface area contributed by atoms with E-state index in [4.69, 9.17) is 9.90 Å². The second-order valence-corrected chi connectivity index (χ2v) is 11.4. The number of nitrogens with zero attached hydrogens (tertiary/aromatic N) is 1. The largest absolute Gasteiger partial charge is 0.481 e. The van der Waals surface area contributed by atoms with Crippen molar-refractivity contribution in [2.24, 2.45) is 0 Å². The highest BCUT2D eigenvalue weighted by Crippen LogP contribution is 2.02. The summed E-state index contributed by atoms with van der Waals surface area (Å²) in [6, 6.07) is 41.1. The van der Waals surface area contributed by atoms with Gasteiger partial charge in [-0.25, -0.2) is 5.06 Å². The molecule has 1 amide bonds. The number of alkyl halides is 1. The first-order valence-corrected chi connectivity index (χ1v) is 19.6. The number of Topliss-reactive ketones (excluding diaryl/α,β-unsaturated/α-hetero) is 2. The second kappa shape index (κ2) is 56.3. The molecule has 0 aliphatic carbocycles. The van der Waals surface area contributed by atoms with Crippen molar-refractivity contribution in [2.45, 2.75) is 116 Å². The molecule has 0 aliphatic rings. The smallest absolute Gasteiger partial charge is 0.300 e. The van der Waals surface area contributed by atoms with Crippen molar-refractivity contribution in [2.75, 3.05) is 14.2 Å². The number of carbonyl (C=O) groups excluding carboxylic acids is 3. The summed E-state index contributed by atoms with van der Waals surface area (Å²) in [5.41, 5.74) is 5.29. The van der Waals surface area contributed by atoms with Gasteiger partial charge in [-0.1, -0.05) is 202 Å². The van der Waals surface area contributed by atoms with Crippen LogP contribution in [0.3, 0.4) is 0 Å². The molecule has 55 heavy (non-hydrogen) atoms. The van der Waals surface area contributed by atoms with Gasteiger partial charge in [0, 0.05) is 26.2 Å². The van der Waals surface area contributed by atoms with E-state index in [1.54, 1.807) is 7.05 Å². The number of aliphatic carboxylic acids is 1. The Hall–Kier alpha value is -4.40. The van der Waals surface area contributed by atoms with E-state index < -0.39 is 5.97 Å². The summed E-state index contributed by atoms with van der Waals surface area (Å²) >= 11 is 3.36. The van der Waals surface area contributed by atoms with Gasteiger partial charge in [0.15, 0.2) is 0 Å². The molecule has 0 saturated carbocycles. The number of ketones is 2. The number of hydroxylamine groups is 2. The van der Waals surface area contributed by atoms with Crippen LogP contribution < -0.4 is 0 Å². The standard InChI is InChI=1S/C7H7Br.3C7H8.C4H9NO2.2C3H6O.C3H8.C2H4O2.2C2H6/c8-6-7-4-2-1-3-5-7;3*1-7-5-3-2-4-6-7;1-4(6)5(2)7-3;2*1-3(2)4;1-3-2;1-2(3)4;2*1-2/h1-5H,6H2;3*2-6H,1H3;1-3H3;2*1-2H3;3H2,1-2H3;1H3,(H,3,4);2*1-2H3. The molecule has 0 saturated heterocycles. The Balaban J connectivity index is -0.0000000946. The van der Waals surface area contributed by atoms with Gasteiger partial charge in [-0.05, 0) is 54.0 Å². The lowest BCUT2D eigenvalue weighted by Crippen LogP contribution is -2.21. The molecular weight excluding hydrogens is 754 g/mol. The Bertz CT molecular complexity index is 1190. The van der Waals surface area contributed by atoms with Crippen LogP contribution >= 0.6 is 15.9 Å². The van der Waals surface area contributed by atoms with E-state index in [0.717, 1.165) is 17.3 Å². The number of aryl methyl sites for hydroxylation is 3. The van der Waals surface area contributed by atoms with Crippen molar-refractivity contribution in [3.05, 3.63) is 144 Å². The van der Waals surface area contributed by atoms with Crippen molar-refractivity contribution >= 4 is 39.4 Å². The quantitative estimate of drug-likeness (QED) is 0.159. The van der Waals surface area contributed by atoms with Gasteiger partial charge in [-0.3, -0.25) is 14.4 Å². The molecule has 4 aromatic rings. The molecular formula is C47H76BrNO6. The first-order valence-electron chi connectivity index (χ1n) is 18.5. The van der Waals surface area contributed by atoms with Gasteiger partial charge in [-0.15, -0.1) is 0 Å². The average molecular weight is 831 g/mol. The third kappa shape index (κ3) is 88.7. The maximum atomic E-state index is 10.2. The minimum absolute atomic E-state index is 0.0949. The summed E-state index contributed by atoms with van der Waals surface area (Å²) in [7, 11) is 3.00. The number of halogens is 1. The molecule has 0 bridgehead atoms. The number of carbonyl (C=O) groups is 4. The Morgan fingerprint density at radius 2 is 0.727 bits per heavy atom. The lowest BCUT2D eigenvalue weighted by Gasteiger charge is -2.08. The minimum atomic E-state index is -0.833. The van der Waals surface area contributed by atoms with Gasteiger partial charge >= 0.3 is 0 Å². The van der Waals surface area contributed by atoms with Crippen LogP contribution in [0, 0.1) is 20.8 Å². The van der Waals surface area contributed by atoms with E-state index in [0.29, 0.717) is 0 Å². The van der Waals surface area contributed by atoms with Crippen LogP contribution in [0.1, 0.15) is 112 Å². The summed E-state index contributed by atoms with van der Waals surface area (Å²) in [4.78, 5) is 42.6. The zero-order chi connectivity index (χ0) is 44.5. The van der Waals surface area contributed by atoms with E-state index >= 15 is 0 Å². The van der Waals surface area contributed by atoms with Gasteiger partial charge in [0.2, 0.25) is 5.91 Å². The highest BCUT2D eigenvalue weighted by atomic mass is 79.9. The molecule has 1 N–H and O–H groups in total. The molecule has 0 unspecified atom stereocenters. The summed E-state index contributed by atoms with van der Waals surface area (Å²) in [6.45, 7) is 27.1. The van der Waals surface area contributed by atoms with Gasteiger partial charge in [0.25, 0.3) is 5.97 Å². The molecule has 4 rings (SSSR count). The predicted octanol–water partition coefficient (Wildman–Crippen LogP) is 13.3. The SMILES string of the molecule is BrCc1ccccc1.CC.CC.CC(=O)O.CC(C)=O.CC(C)=O.CCC.CON(C)C(C)=O.Cc1ccccc1.Cc1ccccc1.Cc1ccccc1. The molecule has 4 aromatic carbocycles. The molecule has 0 radical (unpaired) electrons. The van der Waals surface area contributed by atoms with Crippen LogP contribution in [0.5, 0.6) is 0 Å². The third-order valence-corrected chi connectivity index (χ3v) is 5.18. The summed E-state index contributed by atoms with van der Waals surface area (Å²) in [5.74, 6) is -0.595. The normalized spacial score (nSPS) is 7.67. The van der Waals surface area contributed by atoms with Crippen LogP contribution in [0.25, 0.3) is 0 Å². The van der Waals surface area contributed by atoms with Crippen LogP contribution in [-0.4, -0.2) is 47.8 Å². The third-order valence-electron chi connectivity index (χ3n) is 4.54. The minimum Gasteiger partial charge on any atom is -0.481 e. The fourth-order valence-electron chi connectivity index (χ4n) is 2.30. The van der Waals surface area contributed by atoms with E-state index in [-0.39, 0.29) is 17.5 Å². The highest BCUT2D eigenvalue weighted by Gasteiger charge is 1.95. The summed E-state index contributed by atoms with van der Waals surface area (Å²) in [6.07, 6.45) is 1.25. The van der Waals surface area contributed by atoms with Crippen LogP contribution in [0.4, 0.5) is 0 Å². The molecule has 0 fully saturated rings. The van der Waals surface area contributed by atoms with Crippen molar-refractivity contribution in [1.82, 2.24) is 5.06 Å². The summed E-state index contributed by atoms with van der Waals surface area (Å²) in [5, 5.41) is 9.52. The molecule has 0 aliphatic heterocycles. The first-order chi connectivity index (χ1) is 25.9. The number of rotatable bonds is 2. The van der Waals surface area contributed by atoms with E-state index in [1.165, 1.54) is 70.4 Å². The van der Waals surface area contributed by atoms with Gasteiger partial charge in [-0.2, -0.15) is 0 Å². The molecule has 8 heteroatoms. The van der Waals surface area contributed by atoms with Crippen molar-refractivity contribution in [1.29, 1.82) is 0 Å². The monoisotopic (exact) mass is 829 g/mol. The zero-order valence-electron chi connectivity index (χ0n) is 37.3. The van der Waals surface area contributed by atoms with Gasteiger partial charge < -0.3 is 14.7 Å². The molecule has 7 nitrogen and oxygen atoms in total. The Morgan fingerprint density at radius 3 is 0.800 bits per heavy atom. The fourth-order valence-corrected chi connectivity index (χ4v) is 2.67. The highest BCUT2D eigenvalue weighted by molar-refractivity contribution is 9.08. The Morgan fingerprint density at radius 1 is 0.545 bits per heavy atom. The van der Waals surface area contributed by atoms with Gasteiger partial charge in [0.1, 0.15) is 11.6 Å². The maximum Gasteiger partial charge on any atom is 0.300 e. The lowest BCUT2D eigenvalue weighted by atomic mass is 10.2. The second-order valence-electron chi connectivity index (χ2n) is 10.8. The number of amides is 1. The predicted molar refractivity (Wildman–Crippen MR) is 243 cm³/mol. The molecule has 0 heterocycles. The topological polar surface area (TPSA) is 101 Å². The number of carboxylic acid groups (broad SMARTS) is 1. The average Bonchev–Trinajstić information content (AvgIpc) is 3.15. The van der Waals surface area contributed by atoms with Crippen molar-refractivity contribution < 1.29 is 29.1 Å². The number of benzene rings is 4. The number of carboxylic acids is 1. The molecule has 0 atom stereocenters. The Labute approximate surface area is 345 Å². The van der Waals surface area contributed by atoms with E-state index in [2.05, 4.69) is 104 Å². The van der Waals surface area contributed by atoms with Crippen LogP contribution in [-0.2, 0) is 29.3 Å². The van der Waals surface area contributed by atoms with Crippen molar-refractivity contribution in [3.8, 4) is 0 Å². The maximum absolute atomic E-state index is 10.2. The molecule has 312 valence electrons. The molecule has 0 aromatic heterocycles. The van der Waals surface area contributed by atoms with Gasteiger partial charge in [0.05, 0.1) is 7.11 Å². The van der Waals surface area contributed by atoms with Crippen LogP contribution in [0.2, 0.25) is 0 Å². The lowest BCUT2D eigenvalue weighted by molar-refractivity contribution is -0.165. The Kier molecular flexibility index (Phi) is 67.1. The zero-order valence-corrected chi connectivity index (χ0v) is 38.9. The fraction of sp³-hybridized carbons (Fsp3) is 0.404. The number of hydrogen-bond donors (Lipinski definition) is 1. The van der Waals surface area contributed by atoms with Crippen molar-refractivity contribution in [3.63, 3.8) is 0 Å². The first kappa shape index (κ1) is 65.5. The van der Waals surface area contributed by atoms with E-state index in [9.17, 15) is 14.4 Å². The van der Waals surface area contributed by atoms with Crippen LogP contribution in [0.15, 0.2) is 121 Å². The molecule has 0 spiro atoms. The van der Waals surface area contributed by atoms with E-state index in [1.807, 2.05) is 100 Å². The number of hydrogen-bond acceptors (Lipinski definition) is 5.